The van der Waals surface area contributed by atoms with Crippen LogP contribution in [0.3, 0.4) is 0 Å². The van der Waals surface area contributed by atoms with Crippen molar-refractivity contribution in [1.82, 2.24) is 4.90 Å². The third-order valence-corrected chi connectivity index (χ3v) is 6.23. The van der Waals surface area contributed by atoms with Gasteiger partial charge in [0.15, 0.2) is 0 Å². The SMILES string of the molecule is CC1(O)CCN(C2CCCC(S(C)(=O)=O)C2)CC1. The van der Waals surface area contributed by atoms with E-state index in [1.807, 2.05) is 6.92 Å². The van der Waals surface area contributed by atoms with Gasteiger partial charge in [-0.05, 0) is 39.0 Å². The van der Waals surface area contributed by atoms with E-state index in [4.69, 9.17) is 0 Å². The largest absolute Gasteiger partial charge is 0.390 e. The Labute approximate surface area is 110 Å². The van der Waals surface area contributed by atoms with Gasteiger partial charge in [-0.1, -0.05) is 6.42 Å². The predicted molar refractivity (Wildman–Crippen MR) is 72.3 cm³/mol. The summed E-state index contributed by atoms with van der Waals surface area (Å²) in [5.41, 5.74) is -0.526. The number of hydrogen-bond acceptors (Lipinski definition) is 4. The van der Waals surface area contributed by atoms with Crippen LogP contribution < -0.4 is 0 Å². The first-order valence-electron chi connectivity index (χ1n) is 6.93. The lowest BCUT2D eigenvalue weighted by molar-refractivity contribution is -0.0205. The van der Waals surface area contributed by atoms with Crippen LogP contribution >= 0.6 is 0 Å². The molecule has 1 saturated heterocycles. The minimum Gasteiger partial charge on any atom is -0.390 e. The standard InChI is InChI=1S/C13H25NO3S/c1-13(15)6-8-14(9-7-13)11-4-3-5-12(10-11)18(2,16)17/h11-12,15H,3-10H2,1-2H3. The molecule has 2 fully saturated rings. The monoisotopic (exact) mass is 275 g/mol. The summed E-state index contributed by atoms with van der Waals surface area (Å²) < 4.78 is 23.3. The highest BCUT2D eigenvalue weighted by molar-refractivity contribution is 7.91. The summed E-state index contributed by atoms with van der Waals surface area (Å²) in [6.07, 6.45) is 6.67. The van der Waals surface area contributed by atoms with Crippen molar-refractivity contribution in [3.63, 3.8) is 0 Å². The first-order chi connectivity index (χ1) is 8.28. The van der Waals surface area contributed by atoms with Gasteiger partial charge in [0.05, 0.1) is 10.9 Å². The van der Waals surface area contributed by atoms with E-state index in [0.717, 1.165) is 51.6 Å². The van der Waals surface area contributed by atoms with Gasteiger partial charge in [0.1, 0.15) is 9.84 Å². The van der Waals surface area contributed by atoms with Crippen LogP contribution in [0.1, 0.15) is 45.4 Å². The average Bonchev–Trinajstić information content (AvgIpc) is 2.28. The first-order valence-corrected chi connectivity index (χ1v) is 8.89. The van der Waals surface area contributed by atoms with Gasteiger partial charge in [0.2, 0.25) is 0 Å². The molecule has 2 aliphatic rings. The number of sulfone groups is 1. The van der Waals surface area contributed by atoms with Gasteiger partial charge in [-0.15, -0.1) is 0 Å². The fraction of sp³-hybridized carbons (Fsp3) is 1.00. The van der Waals surface area contributed by atoms with Crippen LogP contribution in [0.2, 0.25) is 0 Å². The predicted octanol–water partition coefficient (Wildman–Crippen LogP) is 1.19. The normalized spacial score (nSPS) is 34.4. The quantitative estimate of drug-likeness (QED) is 0.822. The maximum absolute atomic E-state index is 11.7. The zero-order valence-corrected chi connectivity index (χ0v) is 12.2. The number of likely N-dealkylation sites (tertiary alicyclic amines) is 1. The van der Waals surface area contributed by atoms with Gasteiger partial charge >= 0.3 is 0 Å². The molecule has 1 N–H and O–H groups in total. The highest BCUT2D eigenvalue weighted by Crippen LogP contribution is 2.31. The second-order valence-electron chi connectivity index (χ2n) is 6.30. The highest BCUT2D eigenvalue weighted by atomic mass is 32.2. The Morgan fingerprint density at radius 1 is 1.22 bits per heavy atom. The molecule has 0 amide bonds. The molecule has 2 unspecified atom stereocenters. The second-order valence-corrected chi connectivity index (χ2v) is 8.63. The lowest BCUT2D eigenvalue weighted by Gasteiger charge is -2.42. The van der Waals surface area contributed by atoms with Crippen LogP contribution in [-0.2, 0) is 9.84 Å². The third kappa shape index (κ3) is 3.45. The van der Waals surface area contributed by atoms with Gasteiger partial charge < -0.3 is 10.0 Å². The lowest BCUT2D eigenvalue weighted by atomic mass is 9.88. The molecule has 1 saturated carbocycles. The summed E-state index contributed by atoms with van der Waals surface area (Å²) in [6, 6.07) is 0.398. The van der Waals surface area contributed by atoms with Crippen molar-refractivity contribution in [1.29, 1.82) is 0 Å². The zero-order chi connectivity index (χ0) is 13.4. The molecular weight excluding hydrogens is 250 g/mol. The van der Waals surface area contributed by atoms with E-state index >= 15 is 0 Å². The molecule has 5 heteroatoms. The average molecular weight is 275 g/mol. The number of hydrogen-bond donors (Lipinski definition) is 1. The van der Waals surface area contributed by atoms with Crippen LogP contribution in [0.15, 0.2) is 0 Å². The molecule has 4 nitrogen and oxygen atoms in total. The van der Waals surface area contributed by atoms with Crippen molar-refractivity contribution < 1.29 is 13.5 Å². The van der Waals surface area contributed by atoms with Gasteiger partial charge in [-0.2, -0.15) is 0 Å². The molecule has 0 bridgehead atoms. The molecule has 18 heavy (non-hydrogen) atoms. The number of rotatable bonds is 2. The van der Waals surface area contributed by atoms with Crippen molar-refractivity contribution in [2.75, 3.05) is 19.3 Å². The van der Waals surface area contributed by atoms with E-state index in [0.29, 0.717) is 6.04 Å². The molecular formula is C13H25NO3S. The van der Waals surface area contributed by atoms with Gasteiger partial charge in [-0.25, -0.2) is 8.42 Å². The molecule has 0 aromatic carbocycles. The summed E-state index contributed by atoms with van der Waals surface area (Å²) in [5.74, 6) is 0. The minimum atomic E-state index is -2.90. The van der Waals surface area contributed by atoms with Crippen molar-refractivity contribution >= 4 is 9.84 Å². The smallest absolute Gasteiger partial charge is 0.150 e. The fourth-order valence-electron chi connectivity index (χ4n) is 3.21. The summed E-state index contributed by atoms with van der Waals surface area (Å²) in [7, 11) is -2.90. The Morgan fingerprint density at radius 3 is 2.39 bits per heavy atom. The van der Waals surface area contributed by atoms with Gasteiger partial charge in [0, 0.05) is 25.4 Å². The van der Waals surface area contributed by atoms with Crippen molar-refractivity contribution in [2.24, 2.45) is 0 Å². The number of aliphatic hydroxyl groups is 1. The van der Waals surface area contributed by atoms with Crippen molar-refractivity contribution in [2.45, 2.75) is 62.3 Å². The van der Waals surface area contributed by atoms with Crippen LogP contribution in [0.5, 0.6) is 0 Å². The molecule has 106 valence electrons. The summed E-state index contributed by atoms with van der Waals surface area (Å²) in [4.78, 5) is 2.38. The lowest BCUT2D eigenvalue weighted by Crippen LogP contribution is -2.49. The van der Waals surface area contributed by atoms with Crippen LogP contribution in [0.25, 0.3) is 0 Å². The fourth-order valence-corrected chi connectivity index (χ4v) is 4.38. The minimum absolute atomic E-state index is 0.154. The van der Waals surface area contributed by atoms with E-state index in [1.165, 1.54) is 6.26 Å². The summed E-state index contributed by atoms with van der Waals surface area (Å²) in [5, 5.41) is 9.80. The molecule has 0 spiro atoms. The van der Waals surface area contributed by atoms with E-state index in [2.05, 4.69) is 4.90 Å². The molecule has 2 atom stereocenters. The maximum atomic E-state index is 11.7. The Kier molecular flexibility index (Phi) is 4.04. The summed E-state index contributed by atoms with van der Waals surface area (Å²) >= 11 is 0. The van der Waals surface area contributed by atoms with Crippen LogP contribution in [0, 0.1) is 0 Å². The Bertz CT molecular complexity index is 381. The first kappa shape index (κ1) is 14.3. The zero-order valence-electron chi connectivity index (χ0n) is 11.4. The molecule has 0 aromatic heterocycles. The molecule has 1 heterocycles. The van der Waals surface area contributed by atoms with E-state index in [1.54, 1.807) is 0 Å². The molecule has 0 aromatic rings. The van der Waals surface area contributed by atoms with Crippen molar-refractivity contribution in [3.8, 4) is 0 Å². The van der Waals surface area contributed by atoms with Crippen LogP contribution in [0.4, 0.5) is 0 Å². The maximum Gasteiger partial charge on any atom is 0.150 e. The molecule has 2 rings (SSSR count). The number of nitrogens with zero attached hydrogens (tertiary/aromatic N) is 1. The molecule has 1 aliphatic heterocycles. The Hall–Kier alpha value is -0.130. The highest BCUT2D eigenvalue weighted by Gasteiger charge is 2.35. The number of piperidine rings is 1. The van der Waals surface area contributed by atoms with E-state index < -0.39 is 15.4 Å². The van der Waals surface area contributed by atoms with Gasteiger partial charge in [0.25, 0.3) is 0 Å². The molecule has 0 radical (unpaired) electrons. The summed E-state index contributed by atoms with van der Waals surface area (Å²) in [6.45, 7) is 3.69. The van der Waals surface area contributed by atoms with E-state index in [9.17, 15) is 13.5 Å². The third-order valence-electron chi connectivity index (χ3n) is 4.60. The van der Waals surface area contributed by atoms with Crippen LogP contribution in [-0.4, -0.2) is 54.7 Å². The topological polar surface area (TPSA) is 57.6 Å². The van der Waals surface area contributed by atoms with Gasteiger partial charge in [-0.3, -0.25) is 0 Å². The second kappa shape index (κ2) is 5.10. The van der Waals surface area contributed by atoms with Crippen molar-refractivity contribution in [3.05, 3.63) is 0 Å². The Morgan fingerprint density at radius 2 is 1.83 bits per heavy atom. The Balaban J connectivity index is 1.94. The molecule has 1 aliphatic carbocycles. The van der Waals surface area contributed by atoms with E-state index in [-0.39, 0.29) is 5.25 Å².